The van der Waals surface area contributed by atoms with Gasteiger partial charge in [-0.1, -0.05) is 67.4 Å². The van der Waals surface area contributed by atoms with Crippen LogP contribution in [0.4, 0.5) is 0 Å². The lowest BCUT2D eigenvalue weighted by molar-refractivity contribution is -0.156. The predicted molar refractivity (Wildman–Crippen MR) is 134 cm³/mol. The Bertz CT molecular complexity index is 1210. The summed E-state index contributed by atoms with van der Waals surface area (Å²) >= 11 is 0. The van der Waals surface area contributed by atoms with E-state index < -0.39 is 11.5 Å². The van der Waals surface area contributed by atoms with E-state index in [2.05, 4.69) is 6.07 Å². The van der Waals surface area contributed by atoms with E-state index in [9.17, 15) is 9.90 Å². The van der Waals surface area contributed by atoms with Gasteiger partial charge in [-0.25, -0.2) is 0 Å². The van der Waals surface area contributed by atoms with Crippen LogP contribution in [0.5, 0.6) is 17.2 Å². The van der Waals surface area contributed by atoms with E-state index in [0.717, 1.165) is 59.6 Å². The third-order valence-corrected chi connectivity index (χ3v) is 8.24. The van der Waals surface area contributed by atoms with Crippen molar-refractivity contribution in [3.8, 4) is 17.2 Å². The Labute approximate surface area is 206 Å². The zero-order valence-electron chi connectivity index (χ0n) is 20.0. The highest BCUT2D eigenvalue weighted by Crippen LogP contribution is 2.53. The predicted octanol–water partition coefficient (Wildman–Crippen LogP) is 5.83. The van der Waals surface area contributed by atoms with Gasteiger partial charge in [-0.05, 0) is 37.5 Å². The molecule has 3 aliphatic rings. The molecule has 1 saturated heterocycles. The first kappa shape index (κ1) is 22.2. The van der Waals surface area contributed by atoms with Crippen molar-refractivity contribution in [3.05, 3.63) is 89.5 Å². The van der Waals surface area contributed by atoms with Crippen molar-refractivity contribution in [2.24, 2.45) is 5.92 Å². The van der Waals surface area contributed by atoms with E-state index in [4.69, 9.17) is 9.47 Å². The number of fused-ring (bicyclic) bond motifs is 3. The van der Waals surface area contributed by atoms with Crippen LogP contribution in [0.1, 0.15) is 60.8 Å². The Kier molecular flexibility index (Phi) is 5.53. The van der Waals surface area contributed by atoms with Crippen molar-refractivity contribution in [2.75, 3.05) is 13.7 Å². The summed E-state index contributed by atoms with van der Waals surface area (Å²) in [5.74, 6) is 1.78. The number of piperidine rings is 1. The van der Waals surface area contributed by atoms with Gasteiger partial charge in [0.1, 0.15) is 17.2 Å². The molecule has 1 amide bonds. The molecule has 0 radical (unpaired) electrons. The van der Waals surface area contributed by atoms with Gasteiger partial charge < -0.3 is 19.5 Å². The topological polar surface area (TPSA) is 59.0 Å². The summed E-state index contributed by atoms with van der Waals surface area (Å²) in [6, 6.07) is 23.4. The summed E-state index contributed by atoms with van der Waals surface area (Å²) in [7, 11) is 1.67. The van der Waals surface area contributed by atoms with Crippen molar-refractivity contribution in [2.45, 2.75) is 49.7 Å². The largest absolute Gasteiger partial charge is 0.496 e. The first-order chi connectivity index (χ1) is 17.1. The molecule has 5 nitrogen and oxygen atoms in total. The van der Waals surface area contributed by atoms with Crippen LogP contribution in [-0.2, 0) is 4.79 Å². The van der Waals surface area contributed by atoms with Gasteiger partial charge in [0.05, 0.1) is 24.7 Å². The van der Waals surface area contributed by atoms with Gasteiger partial charge >= 0.3 is 0 Å². The molecule has 0 bridgehead atoms. The number of carbonyl (C=O) groups excluding carboxylic acids is 1. The van der Waals surface area contributed by atoms with Crippen molar-refractivity contribution in [1.82, 2.24) is 4.90 Å². The van der Waals surface area contributed by atoms with Gasteiger partial charge in [-0.2, -0.15) is 0 Å². The van der Waals surface area contributed by atoms with E-state index in [-0.39, 0.29) is 17.9 Å². The number of carbonyl (C=O) groups is 1. The molecule has 1 saturated carbocycles. The fraction of sp³-hybridized carbons (Fsp3) is 0.367. The Morgan fingerprint density at radius 1 is 0.914 bits per heavy atom. The van der Waals surface area contributed by atoms with E-state index in [1.54, 1.807) is 7.11 Å². The summed E-state index contributed by atoms with van der Waals surface area (Å²) in [6.07, 6.45) is 4.36. The minimum Gasteiger partial charge on any atom is -0.496 e. The maximum absolute atomic E-state index is 14.6. The van der Waals surface area contributed by atoms with Gasteiger partial charge in [0.15, 0.2) is 0 Å². The van der Waals surface area contributed by atoms with Crippen LogP contribution in [-0.4, -0.2) is 35.2 Å². The minimum absolute atomic E-state index is 0.0319. The number of likely N-dealkylation sites (tertiary alicyclic amines) is 1. The van der Waals surface area contributed by atoms with Crippen LogP contribution in [0.2, 0.25) is 0 Å². The number of amides is 1. The monoisotopic (exact) mass is 469 g/mol. The summed E-state index contributed by atoms with van der Waals surface area (Å²) in [5.41, 5.74) is 1.99. The highest BCUT2D eigenvalue weighted by Gasteiger charge is 2.52. The maximum atomic E-state index is 14.6. The molecule has 0 unspecified atom stereocenters. The van der Waals surface area contributed by atoms with Crippen molar-refractivity contribution >= 4 is 5.91 Å². The summed E-state index contributed by atoms with van der Waals surface area (Å²) < 4.78 is 11.9. The Hall–Kier alpha value is -3.31. The van der Waals surface area contributed by atoms with Crippen molar-refractivity contribution in [1.29, 1.82) is 0 Å². The molecule has 3 atom stereocenters. The third kappa shape index (κ3) is 3.61. The molecule has 2 aliphatic heterocycles. The number of methoxy groups -OCH3 is 1. The zero-order chi connectivity index (χ0) is 24.0. The van der Waals surface area contributed by atoms with Crippen molar-refractivity contribution in [3.63, 3.8) is 0 Å². The summed E-state index contributed by atoms with van der Waals surface area (Å²) in [6.45, 7) is 0.510. The fourth-order valence-corrected chi connectivity index (χ4v) is 6.57. The number of aliphatic hydroxyl groups is 1. The summed E-state index contributed by atoms with van der Waals surface area (Å²) in [4.78, 5) is 16.6. The molecule has 3 aromatic carbocycles. The quantitative estimate of drug-likeness (QED) is 0.525. The van der Waals surface area contributed by atoms with Gasteiger partial charge in [-0.3, -0.25) is 4.79 Å². The number of para-hydroxylation sites is 3. The Balaban J connectivity index is 1.48. The minimum atomic E-state index is -0.758. The lowest BCUT2D eigenvalue weighted by atomic mass is 9.65. The van der Waals surface area contributed by atoms with E-state index in [1.807, 2.05) is 71.6 Å². The molecule has 3 aromatic rings. The summed E-state index contributed by atoms with van der Waals surface area (Å²) in [5, 5.41) is 11.7. The number of hydrogen-bond donors (Lipinski definition) is 1. The van der Waals surface area contributed by atoms with Gasteiger partial charge in [0, 0.05) is 29.2 Å². The zero-order valence-corrected chi connectivity index (χ0v) is 20.0. The van der Waals surface area contributed by atoms with E-state index in [0.29, 0.717) is 13.0 Å². The van der Waals surface area contributed by atoms with Crippen LogP contribution in [0.3, 0.4) is 0 Å². The SMILES string of the molecule is COc1ccccc1[C@H]1[C@@H]2CCCC[C@]2(O)CCN1C(=O)C1c2ccccc2Oc2ccccc21. The first-order valence-electron chi connectivity index (χ1n) is 12.6. The van der Waals surface area contributed by atoms with Crippen LogP contribution in [0.25, 0.3) is 0 Å². The second kappa shape index (κ2) is 8.72. The molecule has 5 heteroatoms. The van der Waals surface area contributed by atoms with Gasteiger partial charge in [-0.15, -0.1) is 0 Å². The molecule has 35 heavy (non-hydrogen) atoms. The molecular formula is C30H31NO4. The first-order valence-corrected chi connectivity index (χ1v) is 12.6. The van der Waals surface area contributed by atoms with Crippen LogP contribution in [0.15, 0.2) is 72.8 Å². The molecule has 0 aromatic heterocycles. The highest BCUT2D eigenvalue weighted by atomic mass is 16.5. The molecule has 1 N–H and O–H groups in total. The maximum Gasteiger partial charge on any atom is 0.235 e. The standard InChI is InChI=1S/C30H31NO4/c1-34-24-14-5-4-12-22(24)28-23-13-8-9-17-30(23,33)18-19-31(28)29(32)27-20-10-2-6-15-25(20)35-26-16-7-3-11-21(26)27/h2-7,10-12,14-16,23,27-28,33H,8-9,13,17-19H2,1H3/t23-,28-,30-/m0/s1. The second-order valence-corrected chi connectivity index (χ2v) is 10.0. The second-order valence-electron chi connectivity index (χ2n) is 10.0. The van der Waals surface area contributed by atoms with Crippen molar-refractivity contribution < 1.29 is 19.4 Å². The van der Waals surface area contributed by atoms with Crippen LogP contribution in [0, 0.1) is 5.92 Å². The van der Waals surface area contributed by atoms with E-state index >= 15 is 0 Å². The third-order valence-electron chi connectivity index (χ3n) is 8.24. The Morgan fingerprint density at radius 3 is 2.23 bits per heavy atom. The molecule has 6 rings (SSSR count). The molecule has 1 aliphatic carbocycles. The molecule has 2 heterocycles. The lowest BCUT2D eigenvalue weighted by Gasteiger charge is -2.53. The highest BCUT2D eigenvalue weighted by molar-refractivity contribution is 5.90. The molecule has 2 fully saturated rings. The normalized spacial score (nSPS) is 25.6. The number of rotatable bonds is 3. The average molecular weight is 470 g/mol. The molecule has 0 spiro atoms. The lowest BCUT2D eigenvalue weighted by Crippen LogP contribution is -2.57. The number of ether oxygens (including phenoxy) is 2. The van der Waals surface area contributed by atoms with Crippen LogP contribution < -0.4 is 9.47 Å². The van der Waals surface area contributed by atoms with Gasteiger partial charge in [0.25, 0.3) is 0 Å². The molecule has 180 valence electrons. The average Bonchev–Trinajstić information content (AvgIpc) is 2.90. The van der Waals surface area contributed by atoms with E-state index in [1.165, 1.54) is 0 Å². The molecular weight excluding hydrogens is 438 g/mol. The number of hydrogen-bond acceptors (Lipinski definition) is 4. The smallest absolute Gasteiger partial charge is 0.235 e. The number of benzene rings is 3. The van der Waals surface area contributed by atoms with Crippen LogP contribution >= 0.6 is 0 Å². The fourth-order valence-electron chi connectivity index (χ4n) is 6.57. The Morgan fingerprint density at radius 2 is 1.54 bits per heavy atom. The van der Waals surface area contributed by atoms with Gasteiger partial charge in [0.2, 0.25) is 5.91 Å². The number of nitrogens with zero attached hydrogens (tertiary/aromatic N) is 1.